The van der Waals surface area contributed by atoms with Crippen LogP contribution in [0, 0.1) is 13.8 Å². The molecule has 50 heavy (non-hydrogen) atoms. The van der Waals surface area contributed by atoms with Gasteiger partial charge in [-0.1, -0.05) is 131 Å². The van der Waals surface area contributed by atoms with E-state index in [1.807, 2.05) is 154 Å². The van der Waals surface area contributed by atoms with Crippen molar-refractivity contribution in [2.75, 3.05) is 12.0 Å². The number of alkyl halides is 2. The van der Waals surface area contributed by atoms with Crippen LogP contribution in [0.1, 0.15) is 87.2 Å². The molecule has 0 atom stereocenters. The number of aromatic nitrogens is 4. The summed E-state index contributed by atoms with van der Waals surface area (Å²) in [5.74, 6) is -0.495. The van der Waals surface area contributed by atoms with E-state index in [2.05, 4.69) is 26.1 Å². The quantitative estimate of drug-likeness (QED) is 0.128. The number of aryl methyl sites for hydroxylation is 2. The van der Waals surface area contributed by atoms with Crippen molar-refractivity contribution >= 4 is 38.5 Å². The molecule has 6 rings (SSSR count). The molecule has 0 saturated carbocycles. The molecule has 0 unspecified atom stereocenters. The van der Waals surface area contributed by atoms with Crippen molar-refractivity contribution in [3.05, 3.63) is 120 Å². The molecule has 0 bridgehead atoms. The third-order valence-electron chi connectivity index (χ3n) is 6.46. The molecule has 6 nitrogen and oxygen atoms in total. The second-order valence-electron chi connectivity index (χ2n) is 9.36. The molecule has 0 saturated heterocycles. The molecule has 0 radical (unpaired) electrons. The minimum Gasteiger partial charge on any atom is -1.00 e. The van der Waals surface area contributed by atoms with Gasteiger partial charge in [-0.05, 0) is 50.2 Å². The van der Waals surface area contributed by atoms with E-state index in [1.165, 1.54) is 0 Å². The summed E-state index contributed by atoms with van der Waals surface area (Å²) in [5.41, 5.74) is 7.78. The monoisotopic (exact) mass is 774 g/mol. The number of Topliss-reactive ketones (excluding diaryl/α,β-unsaturated/α-hetero) is 2. The molecule has 6 aromatic rings. The Bertz CT molecular complexity index is 1740. The van der Waals surface area contributed by atoms with Crippen LogP contribution >= 0.6 is 15.9 Å². The van der Waals surface area contributed by atoms with Crippen molar-refractivity contribution in [2.45, 2.75) is 69.2 Å². The maximum absolute atomic E-state index is 12.9. The van der Waals surface area contributed by atoms with Gasteiger partial charge in [0, 0.05) is 23.5 Å². The molecule has 0 spiro atoms. The van der Waals surface area contributed by atoms with Crippen LogP contribution in [-0.2, 0) is 0 Å². The summed E-state index contributed by atoms with van der Waals surface area (Å²) in [5, 5.41) is 9.28. The molecule has 4 heterocycles. The third kappa shape index (κ3) is 12.7. The standard InChI is InChI=1S/C16H13BrN2O.C16H13FN2O.4C2H6.FH.K/c2*1-11-5-4-6-12(9-11)16-15(14(20)10-17)13-7-2-3-8-19(13)18-16;4*1-2;;/h2*2-9H,10H2,1H3;4*1-2H3;1H;/q;;;;;;;+1/p-1. The van der Waals surface area contributed by atoms with Crippen LogP contribution in [0.25, 0.3) is 33.5 Å². The molecular formula is C40H50BrF2KN4O2. The number of carbonyl (C=O) groups is 2. The molecule has 264 valence electrons. The van der Waals surface area contributed by atoms with Crippen molar-refractivity contribution < 1.29 is 70.1 Å². The van der Waals surface area contributed by atoms with E-state index in [0.717, 1.165) is 33.5 Å². The molecule has 10 heteroatoms. The van der Waals surface area contributed by atoms with Gasteiger partial charge in [0.15, 0.2) is 18.2 Å². The van der Waals surface area contributed by atoms with E-state index in [1.54, 1.807) is 21.3 Å². The largest absolute Gasteiger partial charge is 1.00 e. The summed E-state index contributed by atoms with van der Waals surface area (Å²) < 4.78 is 16.2. The normalized spacial score (nSPS) is 9.20. The zero-order chi connectivity index (χ0) is 36.2. The van der Waals surface area contributed by atoms with Crippen LogP contribution in [-0.4, -0.2) is 42.8 Å². The second kappa shape index (κ2) is 26.9. The molecule has 0 aliphatic carbocycles. The van der Waals surface area contributed by atoms with Gasteiger partial charge < -0.3 is 4.70 Å². The van der Waals surface area contributed by atoms with Gasteiger partial charge in [0.25, 0.3) is 0 Å². The van der Waals surface area contributed by atoms with Gasteiger partial charge in [0.05, 0.1) is 27.5 Å². The SMILES string of the molecule is CC.CC.CC.CC.Cc1cccc(-c2nn3ccccc3c2C(=O)CBr)c1.Cc1cccc(-c2nn3ccccc3c2C(=O)CF)c1.[F-].[K+]. The van der Waals surface area contributed by atoms with Crippen LogP contribution in [0.2, 0.25) is 0 Å². The minimum atomic E-state index is -1.02. The molecule has 0 aliphatic heterocycles. The Kier molecular flexibility index (Phi) is 26.5. The average Bonchev–Trinajstić information content (AvgIpc) is 3.74. The van der Waals surface area contributed by atoms with Gasteiger partial charge >= 0.3 is 51.4 Å². The number of fused-ring (bicyclic) bond motifs is 2. The Morgan fingerprint density at radius 2 is 1.00 bits per heavy atom. The summed E-state index contributed by atoms with van der Waals surface area (Å²) in [4.78, 5) is 24.2. The first-order valence-corrected chi connectivity index (χ1v) is 17.8. The number of benzene rings is 2. The average molecular weight is 776 g/mol. The summed E-state index contributed by atoms with van der Waals surface area (Å²) in [7, 11) is 0. The van der Waals surface area contributed by atoms with Gasteiger partial charge in [-0.25, -0.2) is 13.4 Å². The maximum Gasteiger partial charge on any atom is 1.00 e. The molecular weight excluding hydrogens is 725 g/mol. The molecule has 0 fully saturated rings. The Morgan fingerprint density at radius 1 is 0.620 bits per heavy atom. The number of halogens is 3. The van der Waals surface area contributed by atoms with Crippen molar-refractivity contribution in [1.29, 1.82) is 0 Å². The molecule has 4 aromatic heterocycles. The van der Waals surface area contributed by atoms with Crippen LogP contribution in [0.4, 0.5) is 4.39 Å². The maximum atomic E-state index is 12.9. The second-order valence-corrected chi connectivity index (χ2v) is 9.92. The van der Waals surface area contributed by atoms with Crippen molar-refractivity contribution in [1.82, 2.24) is 19.2 Å². The Hall–Kier alpha value is -2.86. The fourth-order valence-corrected chi connectivity index (χ4v) is 4.95. The van der Waals surface area contributed by atoms with E-state index in [-0.39, 0.29) is 61.9 Å². The molecule has 0 amide bonds. The predicted octanol–water partition coefficient (Wildman–Crippen LogP) is 5.46. The fourth-order valence-electron chi connectivity index (χ4n) is 4.67. The van der Waals surface area contributed by atoms with Crippen LogP contribution in [0.15, 0.2) is 97.3 Å². The van der Waals surface area contributed by atoms with Crippen LogP contribution in [0.3, 0.4) is 0 Å². The molecule has 0 aliphatic rings. The van der Waals surface area contributed by atoms with Crippen molar-refractivity contribution in [3.8, 4) is 22.5 Å². The fraction of sp³-hybridized carbons (Fsp3) is 0.300. The summed E-state index contributed by atoms with van der Waals surface area (Å²) >= 11 is 3.26. The number of hydrogen-bond donors (Lipinski definition) is 0. The topological polar surface area (TPSA) is 68.7 Å². The van der Waals surface area contributed by atoms with Crippen molar-refractivity contribution in [3.63, 3.8) is 0 Å². The van der Waals surface area contributed by atoms with Gasteiger partial charge in [0.1, 0.15) is 11.4 Å². The van der Waals surface area contributed by atoms with E-state index < -0.39 is 12.5 Å². The Balaban J connectivity index is 0. The number of rotatable bonds is 6. The van der Waals surface area contributed by atoms with Gasteiger partial charge in [-0.3, -0.25) is 9.59 Å². The zero-order valence-electron chi connectivity index (χ0n) is 31.4. The van der Waals surface area contributed by atoms with E-state index in [9.17, 15) is 14.0 Å². The molecule has 2 aromatic carbocycles. The van der Waals surface area contributed by atoms with E-state index in [0.29, 0.717) is 27.7 Å². The number of carbonyl (C=O) groups excluding carboxylic acids is 2. The first-order chi connectivity index (χ1) is 23.4. The van der Waals surface area contributed by atoms with Crippen LogP contribution < -0.4 is 56.1 Å². The van der Waals surface area contributed by atoms with Gasteiger partial charge in [-0.2, -0.15) is 10.2 Å². The Labute approximate surface area is 347 Å². The number of ketones is 2. The minimum absolute atomic E-state index is 0. The summed E-state index contributed by atoms with van der Waals surface area (Å²) in [6.07, 6.45) is 3.61. The number of pyridine rings is 2. The predicted molar refractivity (Wildman–Crippen MR) is 205 cm³/mol. The third-order valence-corrected chi connectivity index (χ3v) is 6.97. The van der Waals surface area contributed by atoms with E-state index >= 15 is 0 Å². The van der Waals surface area contributed by atoms with Crippen molar-refractivity contribution in [2.24, 2.45) is 0 Å². The first kappa shape index (κ1) is 49.2. The first-order valence-electron chi connectivity index (χ1n) is 16.7. The summed E-state index contributed by atoms with van der Waals surface area (Å²) in [6.45, 7) is 19.0. The van der Waals surface area contributed by atoms with E-state index in [4.69, 9.17) is 0 Å². The zero-order valence-corrected chi connectivity index (χ0v) is 36.1. The Morgan fingerprint density at radius 3 is 1.34 bits per heavy atom. The smallest absolute Gasteiger partial charge is 1.00 e. The van der Waals surface area contributed by atoms with Gasteiger partial charge in [-0.15, -0.1) is 0 Å². The number of nitrogens with zero attached hydrogens (tertiary/aromatic N) is 4. The summed E-state index contributed by atoms with van der Waals surface area (Å²) in [6, 6.07) is 26.9. The number of hydrogen-bond acceptors (Lipinski definition) is 4. The molecule has 0 N–H and O–H groups in total. The van der Waals surface area contributed by atoms with Crippen LogP contribution in [0.5, 0.6) is 0 Å². The van der Waals surface area contributed by atoms with Gasteiger partial charge in [0.2, 0.25) is 0 Å².